The second kappa shape index (κ2) is 5.37. The number of hydrogen-bond donors (Lipinski definition) is 0. The molecular weight excluding hydrogens is 328 g/mol. The molecule has 2 rings (SSSR count). The van der Waals surface area contributed by atoms with Crippen LogP contribution in [0.5, 0.6) is 11.5 Å². The van der Waals surface area contributed by atoms with Gasteiger partial charge in [0, 0.05) is 11.6 Å². The van der Waals surface area contributed by atoms with Gasteiger partial charge in [0.2, 0.25) is 5.60 Å². The zero-order chi connectivity index (χ0) is 17.5. The van der Waals surface area contributed by atoms with Crippen LogP contribution in [-0.2, 0) is 0 Å². The zero-order valence-corrected chi connectivity index (χ0v) is 11.5. The number of rotatable bonds is 2. The Morgan fingerprint density at radius 2 is 1.87 bits per heavy atom. The van der Waals surface area contributed by atoms with Gasteiger partial charge in [-0.2, -0.15) is 18.4 Å². The molecule has 0 saturated carbocycles. The van der Waals surface area contributed by atoms with Crippen LogP contribution in [0, 0.1) is 11.3 Å². The standard InChI is InChI=1S/C14H9F6NO2/c1-2-12(13(15,16)17)4-3-8-5-10(22-14(18,19)20)6-9(7-21)11(8)23-12/h3-6H,2H2,1H3. The van der Waals surface area contributed by atoms with E-state index in [-0.39, 0.29) is 5.56 Å². The Labute approximate surface area is 126 Å². The van der Waals surface area contributed by atoms with E-state index < -0.39 is 41.6 Å². The van der Waals surface area contributed by atoms with E-state index in [1.54, 1.807) is 0 Å². The van der Waals surface area contributed by atoms with Gasteiger partial charge < -0.3 is 9.47 Å². The van der Waals surface area contributed by atoms with Crippen LogP contribution in [0.4, 0.5) is 26.3 Å². The number of fused-ring (bicyclic) bond motifs is 1. The summed E-state index contributed by atoms with van der Waals surface area (Å²) in [6.07, 6.45) is -8.50. The molecule has 0 N–H and O–H groups in total. The second-order valence-corrected chi connectivity index (χ2v) is 4.72. The fourth-order valence-corrected chi connectivity index (χ4v) is 2.12. The molecule has 9 heteroatoms. The van der Waals surface area contributed by atoms with Crippen LogP contribution in [0.2, 0.25) is 0 Å². The summed E-state index contributed by atoms with van der Waals surface area (Å²) in [5, 5.41) is 8.99. The van der Waals surface area contributed by atoms with E-state index in [4.69, 9.17) is 10.00 Å². The lowest BCUT2D eigenvalue weighted by Gasteiger charge is -2.36. The summed E-state index contributed by atoms with van der Waals surface area (Å²) in [5.74, 6) is -1.14. The first-order chi connectivity index (χ1) is 10.5. The topological polar surface area (TPSA) is 42.2 Å². The Morgan fingerprint density at radius 1 is 1.22 bits per heavy atom. The first-order valence-electron chi connectivity index (χ1n) is 6.30. The molecule has 1 aromatic carbocycles. The van der Waals surface area contributed by atoms with Crippen molar-refractivity contribution in [2.24, 2.45) is 0 Å². The summed E-state index contributed by atoms with van der Waals surface area (Å²) in [6.45, 7) is 1.25. The van der Waals surface area contributed by atoms with Crippen molar-refractivity contribution in [2.45, 2.75) is 31.5 Å². The van der Waals surface area contributed by atoms with Gasteiger partial charge >= 0.3 is 12.5 Å². The first-order valence-corrected chi connectivity index (χ1v) is 6.30. The van der Waals surface area contributed by atoms with E-state index in [2.05, 4.69) is 4.74 Å². The molecular formula is C14H9F6NO2. The van der Waals surface area contributed by atoms with Gasteiger partial charge in [0.05, 0.1) is 5.56 Å². The van der Waals surface area contributed by atoms with E-state index in [0.29, 0.717) is 12.1 Å². The Hall–Kier alpha value is -2.37. The third-order valence-electron chi connectivity index (χ3n) is 3.27. The van der Waals surface area contributed by atoms with Gasteiger partial charge in [-0.3, -0.25) is 0 Å². The van der Waals surface area contributed by atoms with Crippen molar-refractivity contribution in [3.63, 3.8) is 0 Å². The van der Waals surface area contributed by atoms with Gasteiger partial charge in [-0.15, -0.1) is 13.2 Å². The van der Waals surface area contributed by atoms with Crippen LogP contribution in [0.3, 0.4) is 0 Å². The van der Waals surface area contributed by atoms with Gasteiger partial charge in [0.1, 0.15) is 17.6 Å². The van der Waals surface area contributed by atoms with E-state index in [1.165, 1.54) is 13.0 Å². The molecule has 0 spiro atoms. The number of hydrogen-bond acceptors (Lipinski definition) is 3. The maximum atomic E-state index is 13.2. The molecule has 0 amide bonds. The van der Waals surface area contributed by atoms with Gasteiger partial charge in [-0.1, -0.05) is 13.0 Å². The highest BCUT2D eigenvalue weighted by Crippen LogP contribution is 2.45. The molecule has 0 aliphatic carbocycles. The summed E-state index contributed by atoms with van der Waals surface area (Å²) in [6, 6.07) is 3.06. The smallest absolute Gasteiger partial charge is 0.472 e. The molecule has 23 heavy (non-hydrogen) atoms. The maximum Gasteiger partial charge on any atom is 0.573 e. The Kier molecular flexibility index (Phi) is 3.96. The number of halogens is 6. The maximum absolute atomic E-state index is 13.2. The molecule has 1 aliphatic rings. The van der Waals surface area contributed by atoms with E-state index in [9.17, 15) is 26.3 Å². The van der Waals surface area contributed by atoms with Crippen molar-refractivity contribution in [2.75, 3.05) is 0 Å². The molecule has 0 radical (unpaired) electrons. The summed E-state index contributed by atoms with van der Waals surface area (Å²) in [5.41, 5.74) is -3.21. The number of nitrogens with zero attached hydrogens (tertiary/aromatic N) is 1. The van der Waals surface area contributed by atoms with Crippen LogP contribution in [0.25, 0.3) is 6.08 Å². The highest BCUT2D eigenvalue weighted by molar-refractivity contribution is 5.68. The highest BCUT2D eigenvalue weighted by atomic mass is 19.4. The third-order valence-corrected chi connectivity index (χ3v) is 3.27. The monoisotopic (exact) mass is 337 g/mol. The average molecular weight is 337 g/mol. The summed E-state index contributed by atoms with van der Waals surface area (Å²) >= 11 is 0. The van der Waals surface area contributed by atoms with Crippen molar-refractivity contribution in [3.05, 3.63) is 29.3 Å². The molecule has 1 atom stereocenters. The predicted octanol–water partition coefficient (Wildman–Crippen LogP) is 4.57. The molecule has 1 heterocycles. The molecule has 124 valence electrons. The molecule has 0 aromatic heterocycles. The number of benzene rings is 1. The van der Waals surface area contributed by atoms with Gasteiger partial charge in [0.15, 0.2) is 0 Å². The van der Waals surface area contributed by atoms with E-state index >= 15 is 0 Å². The summed E-state index contributed by atoms with van der Waals surface area (Å²) in [7, 11) is 0. The zero-order valence-electron chi connectivity index (χ0n) is 11.5. The van der Waals surface area contributed by atoms with Crippen molar-refractivity contribution in [3.8, 4) is 17.6 Å². The molecule has 0 fully saturated rings. The summed E-state index contributed by atoms with van der Waals surface area (Å²) < 4.78 is 85.0. The second-order valence-electron chi connectivity index (χ2n) is 4.72. The molecule has 1 aromatic rings. The SMILES string of the molecule is CCC1(C(F)(F)F)C=Cc2cc(OC(F)(F)F)cc(C#N)c2O1. The van der Waals surface area contributed by atoms with Crippen molar-refractivity contribution >= 4 is 6.08 Å². The Balaban J connectivity index is 2.52. The van der Waals surface area contributed by atoms with Crippen molar-refractivity contribution in [1.82, 2.24) is 0 Å². The van der Waals surface area contributed by atoms with Gasteiger partial charge in [-0.25, -0.2) is 0 Å². The van der Waals surface area contributed by atoms with Gasteiger partial charge in [0.25, 0.3) is 0 Å². The van der Waals surface area contributed by atoms with Gasteiger partial charge in [-0.05, 0) is 18.6 Å². The lowest BCUT2D eigenvalue weighted by atomic mass is 9.93. The van der Waals surface area contributed by atoms with E-state index in [0.717, 1.165) is 12.1 Å². The number of nitriles is 1. The third kappa shape index (κ3) is 3.21. The molecule has 0 saturated heterocycles. The molecule has 1 unspecified atom stereocenters. The fraction of sp³-hybridized carbons (Fsp3) is 0.357. The minimum Gasteiger partial charge on any atom is -0.472 e. The lowest BCUT2D eigenvalue weighted by molar-refractivity contribution is -0.274. The van der Waals surface area contributed by atoms with Crippen LogP contribution in [0.15, 0.2) is 18.2 Å². The molecule has 1 aliphatic heterocycles. The highest BCUT2D eigenvalue weighted by Gasteiger charge is 2.55. The van der Waals surface area contributed by atoms with Crippen LogP contribution in [0.1, 0.15) is 24.5 Å². The predicted molar refractivity (Wildman–Crippen MR) is 66.6 cm³/mol. The Bertz CT molecular complexity index is 686. The van der Waals surface area contributed by atoms with Crippen LogP contribution < -0.4 is 9.47 Å². The average Bonchev–Trinajstić information content (AvgIpc) is 2.43. The number of ether oxygens (including phenoxy) is 2. The minimum atomic E-state index is -4.99. The van der Waals surface area contributed by atoms with E-state index in [1.807, 2.05) is 0 Å². The lowest BCUT2D eigenvalue weighted by Crippen LogP contribution is -2.49. The van der Waals surface area contributed by atoms with Crippen LogP contribution in [-0.4, -0.2) is 18.1 Å². The first kappa shape index (κ1) is 17.0. The molecule has 3 nitrogen and oxygen atoms in total. The van der Waals surface area contributed by atoms with Crippen molar-refractivity contribution in [1.29, 1.82) is 5.26 Å². The number of alkyl halides is 6. The normalized spacial score (nSPS) is 20.4. The molecule has 0 bridgehead atoms. The largest absolute Gasteiger partial charge is 0.573 e. The summed E-state index contributed by atoms with van der Waals surface area (Å²) in [4.78, 5) is 0. The quantitative estimate of drug-likeness (QED) is 0.742. The Morgan fingerprint density at radius 3 is 2.35 bits per heavy atom. The van der Waals surface area contributed by atoms with Crippen molar-refractivity contribution < 1.29 is 35.8 Å². The fourth-order valence-electron chi connectivity index (χ4n) is 2.12. The minimum absolute atomic E-state index is 0.100. The van der Waals surface area contributed by atoms with Crippen LogP contribution >= 0.6 is 0 Å².